The van der Waals surface area contributed by atoms with Gasteiger partial charge in [-0.15, -0.1) is 0 Å². The van der Waals surface area contributed by atoms with Crippen LogP contribution in [0.3, 0.4) is 0 Å². The first-order valence-electron chi connectivity index (χ1n) is 5.67. The lowest BCUT2D eigenvalue weighted by Gasteiger charge is -2.11. The maximum Gasteiger partial charge on any atom is 0.241 e. The summed E-state index contributed by atoms with van der Waals surface area (Å²) >= 11 is 11.5. The fraction of sp³-hybridized carbons (Fsp3) is 0.0769. The molecule has 0 radical (unpaired) electrons. The molecule has 4 nitrogen and oxygen atoms in total. The molecule has 0 aliphatic rings. The van der Waals surface area contributed by atoms with Crippen LogP contribution in [0.2, 0.25) is 10.0 Å². The number of primary sulfonamides is 1. The number of nitrogens with two attached hydrogens (primary N) is 1. The van der Waals surface area contributed by atoms with E-state index >= 15 is 0 Å². The third kappa shape index (κ3) is 3.85. The molecule has 0 aromatic heterocycles. The van der Waals surface area contributed by atoms with Gasteiger partial charge in [0.05, 0.1) is 5.02 Å². The minimum Gasteiger partial charge on any atom is -0.487 e. The summed E-state index contributed by atoms with van der Waals surface area (Å²) in [4.78, 5) is -0.248. The van der Waals surface area contributed by atoms with Crippen molar-refractivity contribution in [1.29, 1.82) is 0 Å². The van der Waals surface area contributed by atoms with Crippen molar-refractivity contribution >= 4 is 33.2 Å². The van der Waals surface area contributed by atoms with Gasteiger partial charge in [-0.1, -0.05) is 35.3 Å². The smallest absolute Gasteiger partial charge is 0.241 e. The van der Waals surface area contributed by atoms with Crippen molar-refractivity contribution in [2.45, 2.75) is 11.5 Å². The van der Waals surface area contributed by atoms with Gasteiger partial charge in [-0.2, -0.15) is 0 Å². The molecule has 0 heterocycles. The van der Waals surface area contributed by atoms with Crippen LogP contribution in [0.15, 0.2) is 41.3 Å². The molecule has 0 spiro atoms. The molecule has 0 aliphatic heterocycles. The Bertz CT molecular complexity index is 781. The highest BCUT2D eigenvalue weighted by Crippen LogP contribution is 2.28. The van der Waals surface area contributed by atoms with Crippen LogP contribution in [0.1, 0.15) is 5.56 Å². The van der Waals surface area contributed by atoms with E-state index in [-0.39, 0.29) is 27.3 Å². The molecule has 0 saturated heterocycles. The molecular weight excluding hydrogens is 340 g/mol. The van der Waals surface area contributed by atoms with E-state index in [1.54, 1.807) is 6.07 Å². The number of hydrogen-bond donors (Lipinski definition) is 1. The van der Waals surface area contributed by atoms with Crippen LogP contribution in [-0.4, -0.2) is 8.42 Å². The van der Waals surface area contributed by atoms with Gasteiger partial charge in [0.25, 0.3) is 0 Å². The third-order valence-electron chi connectivity index (χ3n) is 2.63. The van der Waals surface area contributed by atoms with Crippen molar-refractivity contribution in [2.75, 3.05) is 0 Å². The van der Waals surface area contributed by atoms with Crippen LogP contribution in [0, 0.1) is 5.82 Å². The van der Waals surface area contributed by atoms with Gasteiger partial charge in [0.1, 0.15) is 23.1 Å². The Balaban J connectivity index is 2.31. The Morgan fingerprint density at radius 1 is 1.19 bits per heavy atom. The first-order chi connectivity index (χ1) is 9.79. The molecule has 0 amide bonds. The fourth-order valence-electron chi connectivity index (χ4n) is 1.64. The van der Waals surface area contributed by atoms with Gasteiger partial charge in [0.15, 0.2) is 0 Å². The van der Waals surface area contributed by atoms with Gasteiger partial charge in [0, 0.05) is 10.6 Å². The second-order valence-corrected chi connectivity index (χ2v) is 6.48. The number of halogens is 3. The van der Waals surface area contributed by atoms with Crippen molar-refractivity contribution in [3.8, 4) is 5.75 Å². The van der Waals surface area contributed by atoms with Crippen LogP contribution in [0.25, 0.3) is 0 Å². The van der Waals surface area contributed by atoms with Crippen molar-refractivity contribution in [3.05, 3.63) is 57.8 Å². The third-order valence-corrected chi connectivity index (χ3v) is 4.22. The quantitative estimate of drug-likeness (QED) is 0.919. The van der Waals surface area contributed by atoms with Gasteiger partial charge >= 0.3 is 0 Å². The molecule has 0 fully saturated rings. The Hall–Kier alpha value is -1.34. The summed E-state index contributed by atoms with van der Waals surface area (Å²) in [7, 11) is -4.00. The van der Waals surface area contributed by atoms with E-state index in [1.165, 1.54) is 30.3 Å². The van der Waals surface area contributed by atoms with Gasteiger partial charge in [-0.05, 0) is 24.3 Å². The molecular formula is C13H10Cl2FNO3S. The molecule has 2 N–H and O–H groups in total. The average molecular weight is 350 g/mol. The van der Waals surface area contributed by atoms with Crippen LogP contribution in [-0.2, 0) is 16.6 Å². The molecule has 2 aromatic carbocycles. The van der Waals surface area contributed by atoms with E-state index in [1.807, 2.05) is 0 Å². The van der Waals surface area contributed by atoms with Crippen LogP contribution in [0.4, 0.5) is 4.39 Å². The summed E-state index contributed by atoms with van der Waals surface area (Å²) in [6, 6.07) is 8.26. The second-order valence-electron chi connectivity index (χ2n) is 4.14. The molecule has 0 saturated carbocycles. The average Bonchev–Trinajstić information content (AvgIpc) is 2.40. The predicted molar refractivity (Wildman–Crippen MR) is 78.6 cm³/mol. The highest BCUT2D eigenvalue weighted by Gasteiger charge is 2.16. The summed E-state index contributed by atoms with van der Waals surface area (Å²) in [6.07, 6.45) is 0. The Labute approximate surface area is 131 Å². The zero-order valence-electron chi connectivity index (χ0n) is 10.5. The van der Waals surface area contributed by atoms with Crippen LogP contribution >= 0.6 is 23.2 Å². The predicted octanol–water partition coefficient (Wildman–Crippen LogP) is 3.36. The Kier molecular flexibility index (Phi) is 4.73. The highest BCUT2D eigenvalue weighted by atomic mass is 35.5. The summed E-state index contributed by atoms with van der Waals surface area (Å²) in [6.45, 7) is -0.110. The molecule has 8 heteroatoms. The summed E-state index contributed by atoms with van der Waals surface area (Å²) in [5, 5.41) is 5.22. The van der Waals surface area contributed by atoms with E-state index < -0.39 is 15.8 Å². The van der Waals surface area contributed by atoms with E-state index in [2.05, 4.69) is 0 Å². The minimum absolute atomic E-state index is 0.0160. The molecule has 2 aromatic rings. The van der Waals surface area contributed by atoms with E-state index in [9.17, 15) is 12.8 Å². The van der Waals surface area contributed by atoms with Gasteiger partial charge in [-0.25, -0.2) is 17.9 Å². The molecule has 0 bridgehead atoms. The van der Waals surface area contributed by atoms with Crippen molar-refractivity contribution in [1.82, 2.24) is 0 Å². The van der Waals surface area contributed by atoms with Gasteiger partial charge < -0.3 is 4.74 Å². The van der Waals surface area contributed by atoms with Crippen LogP contribution < -0.4 is 9.88 Å². The number of sulfonamides is 1. The number of hydrogen-bond acceptors (Lipinski definition) is 3. The largest absolute Gasteiger partial charge is 0.487 e. The fourth-order valence-corrected chi connectivity index (χ4v) is 2.75. The zero-order chi connectivity index (χ0) is 15.6. The summed E-state index contributed by atoms with van der Waals surface area (Å²) < 4.78 is 41.7. The SMILES string of the molecule is NS(=O)(=O)c1cc(Cl)ccc1OCc1cccc(F)c1Cl. The summed E-state index contributed by atoms with van der Waals surface area (Å²) in [5.41, 5.74) is 0.381. The molecule has 0 unspecified atom stereocenters. The zero-order valence-corrected chi connectivity index (χ0v) is 12.8. The first kappa shape index (κ1) is 16.0. The molecule has 2 rings (SSSR count). The highest BCUT2D eigenvalue weighted by molar-refractivity contribution is 7.89. The Morgan fingerprint density at radius 2 is 1.90 bits per heavy atom. The number of benzene rings is 2. The minimum atomic E-state index is -4.00. The lowest BCUT2D eigenvalue weighted by Crippen LogP contribution is -2.14. The lowest BCUT2D eigenvalue weighted by atomic mass is 10.2. The Morgan fingerprint density at radius 3 is 2.57 bits per heavy atom. The van der Waals surface area contributed by atoms with E-state index in [4.69, 9.17) is 33.1 Å². The van der Waals surface area contributed by atoms with Crippen LogP contribution in [0.5, 0.6) is 5.75 Å². The monoisotopic (exact) mass is 349 g/mol. The van der Waals surface area contributed by atoms with Crippen molar-refractivity contribution < 1.29 is 17.5 Å². The van der Waals surface area contributed by atoms with Crippen molar-refractivity contribution in [2.24, 2.45) is 5.14 Å². The van der Waals surface area contributed by atoms with E-state index in [0.29, 0.717) is 5.56 Å². The normalized spacial score (nSPS) is 11.4. The van der Waals surface area contributed by atoms with E-state index in [0.717, 1.165) is 0 Å². The first-order valence-corrected chi connectivity index (χ1v) is 7.97. The number of ether oxygens (including phenoxy) is 1. The maximum absolute atomic E-state index is 13.3. The number of rotatable bonds is 4. The lowest BCUT2D eigenvalue weighted by molar-refractivity contribution is 0.297. The topological polar surface area (TPSA) is 69.4 Å². The van der Waals surface area contributed by atoms with Gasteiger partial charge in [-0.3, -0.25) is 0 Å². The standard InChI is InChI=1S/C13H10Cl2FNO3S/c14-9-4-5-11(12(6-9)21(17,18)19)20-7-8-2-1-3-10(16)13(8)15/h1-6H,7H2,(H2,17,18,19). The van der Waals surface area contributed by atoms with Gasteiger partial charge in [0.2, 0.25) is 10.0 Å². The maximum atomic E-state index is 13.3. The van der Waals surface area contributed by atoms with Crippen molar-refractivity contribution in [3.63, 3.8) is 0 Å². The molecule has 112 valence electrons. The summed E-state index contributed by atoms with van der Waals surface area (Å²) in [5.74, 6) is -0.567. The molecule has 0 aliphatic carbocycles. The second kappa shape index (κ2) is 6.19. The molecule has 0 atom stereocenters. The molecule has 21 heavy (non-hydrogen) atoms.